The molecule has 0 aliphatic carbocycles. The van der Waals surface area contributed by atoms with Crippen LogP contribution in [0, 0.1) is 0 Å². The predicted octanol–water partition coefficient (Wildman–Crippen LogP) is 2.84. The maximum Gasteiger partial charge on any atom is 0.194 e. The molecule has 0 amide bonds. The van der Waals surface area contributed by atoms with E-state index in [0.717, 1.165) is 10.9 Å². The first kappa shape index (κ1) is 11.7. The standard InChI is InChI=1S/C14H15NO2/c1-14(2,17-3)13(16)11-6-4-8-12-10(11)7-5-9-15-12/h4-9H,1-3H3. The van der Waals surface area contributed by atoms with Crippen LogP contribution in [0.15, 0.2) is 36.5 Å². The number of rotatable bonds is 3. The minimum atomic E-state index is -0.815. The zero-order valence-electron chi connectivity index (χ0n) is 10.2. The van der Waals surface area contributed by atoms with Crippen molar-refractivity contribution >= 4 is 16.7 Å². The molecule has 88 valence electrons. The molecular weight excluding hydrogens is 214 g/mol. The lowest BCUT2D eigenvalue weighted by Gasteiger charge is -2.21. The molecule has 3 heteroatoms. The van der Waals surface area contributed by atoms with Gasteiger partial charge in [-0.15, -0.1) is 0 Å². The number of benzene rings is 1. The van der Waals surface area contributed by atoms with Crippen LogP contribution in [0.5, 0.6) is 0 Å². The summed E-state index contributed by atoms with van der Waals surface area (Å²) in [5.41, 5.74) is 0.664. The Bertz CT molecular complexity index is 556. The van der Waals surface area contributed by atoms with E-state index < -0.39 is 5.60 Å². The molecule has 0 unspecified atom stereocenters. The molecule has 0 atom stereocenters. The highest BCUT2D eigenvalue weighted by Crippen LogP contribution is 2.22. The zero-order valence-corrected chi connectivity index (χ0v) is 10.2. The van der Waals surface area contributed by atoms with Crippen molar-refractivity contribution in [2.24, 2.45) is 0 Å². The lowest BCUT2D eigenvalue weighted by molar-refractivity contribution is 0.0230. The number of carbonyl (C=O) groups excluding carboxylic acids is 1. The molecule has 2 aromatic rings. The van der Waals surface area contributed by atoms with Crippen molar-refractivity contribution in [3.8, 4) is 0 Å². The summed E-state index contributed by atoms with van der Waals surface area (Å²) in [5, 5.41) is 0.866. The first-order valence-corrected chi connectivity index (χ1v) is 5.50. The number of ether oxygens (including phenoxy) is 1. The van der Waals surface area contributed by atoms with E-state index in [1.54, 1.807) is 27.2 Å². The molecule has 0 spiro atoms. The van der Waals surface area contributed by atoms with Crippen molar-refractivity contribution in [3.63, 3.8) is 0 Å². The Balaban J connectivity index is 2.60. The first-order chi connectivity index (χ1) is 8.06. The number of nitrogens with zero attached hydrogens (tertiary/aromatic N) is 1. The molecule has 0 bridgehead atoms. The summed E-state index contributed by atoms with van der Waals surface area (Å²) in [4.78, 5) is 16.6. The molecule has 1 aromatic heterocycles. The SMILES string of the molecule is COC(C)(C)C(=O)c1cccc2ncccc12. The number of hydrogen-bond donors (Lipinski definition) is 0. The second-order valence-electron chi connectivity index (χ2n) is 4.42. The molecule has 0 saturated carbocycles. The summed E-state index contributed by atoms with van der Waals surface area (Å²) in [6.07, 6.45) is 1.72. The third kappa shape index (κ3) is 2.06. The van der Waals surface area contributed by atoms with Gasteiger partial charge in [0, 0.05) is 24.3 Å². The molecule has 17 heavy (non-hydrogen) atoms. The van der Waals surface area contributed by atoms with E-state index in [4.69, 9.17) is 4.74 Å². The van der Waals surface area contributed by atoms with E-state index in [2.05, 4.69) is 4.98 Å². The van der Waals surface area contributed by atoms with E-state index >= 15 is 0 Å². The number of methoxy groups -OCH3 is 1. The van der Waals surface area contributed by atoms with Crippen LogP contribution in [0.25, 0.3) is 10.9 Å². The summed E-state index contributed by atoms with van der Waals surface area (Å²) in [6.45, 7) is 3.54. The molecule has 0 saturated heterocycles. The highest BCUT2D eigenvalue weighted by Gasteiger charge is 2.29. The van der Waals surface area contributed by atoms with Crippen LogP contribution in [0.1, 0.15) is 24.2 Å². The van der Waals surface area contributed by atoms with Crippen LogP contribution in [0.3, 0.4) is 0 Å². The van der Waals surface area contributed by atoms with Crippen LogP contribution < -0.4 is 0 Å². The van der Waals surface area contributed by atoms with Gasteiger partial charge in [0.1, 0.15) is 5.60 Å². The van der Waals surface area contributed by atoms with Crippen molar-refractivity contribution < 1.29 is 9.53 Å². The second-order valence-corrected chi connectivity index (χ2v) is 4.42. The third-order valence-corrected chi connectivity index (χ3v) is 2.95. The molecule has 0 N–H and O–H groups in total. The maximum atomic E-state index is 12.4. The van der Waals surface area contributed by atoms with E-state index in [1.165, 1.54) is 0 Å². The highest BCUT2D eigenvalue weighted by atomic mass is 16.5. The summed E-state index contributed by atoms with van der Waals surface area (Å²) in [5.74, 6) is -0.0291. The van der Waals surface area contributed by atoms with Crippen molar-refractivity contribution in [2.45, 2.75) is 19.4 Å². The average Bonchev–Trinajstić information content (AvgIpc) is 2.37. The number of fused-ring (bicyclic) bond motifs is 1. The first-order valence-electron chi connectivity index (χ1n) is 5.50. The fourth-order valence-corrected chi connectivity index (χ4v) is 1.72. The molecular formula is C14H15NO2. The molecule has 0 radical (unpaired) electrons. The Hall–Kier alpha value is -1.74. The molecule has 3 nitrogen and oxygen atoms in total. The van der Waals surface area contributed by atoms with Gasteiger partial charge >= 0.3 is 0 Å². The summed E-state index contributed by atoms with van der Waals surface area (Å²) in [6, 6.07) is 9.29. The van der Waals surface area contributed by atoms with Gasteiger partial charge in [-0.05, 0) is 26.0 Å². The highest BCUT2D eigenvalue weighted by molar-refractivity contribution is 6.11. The van der Waals surface area contributed by atoms with E-state index in [-0.39, 0.29) is 5.78 Å². The van der Waals surface area contributed by atoms with E-state index in [0.29, 0.717) is 5.56 Å². The number of hydrogen-bond acceptors (Lipinski definition) is 3. The Labute approximate surface area is 100 Å². The van der Waals surface area contributed by atoms with Gasteiger partial charge in [-0.1, -0.05) is 18.2 Å². The van der Waals surface area contributed by atoms with Gasteiger partial charge in [-0.3, -0.25) is 9.78 Å². The summed E-state index contributed by atoms with van der Waals surface area (Å²) < 4.78 is 5.23. The number of ketones is 1. The van der Waals surface area contributed by atoms with Crippen LogP contribution in [0.2, 0.25) is 0 Å². The summed E-state index contributed by atoms with van der Waals surface area (Å²) >= 11 is 0. The Morgan fingerprint density at radius 1 is 1.24 bits per heavy atom. The topological polar surface area (TPSA) is 39.2 Å². The predicted molar refractivity (Wildman–Crippen MR) is 67.2 cm³/mol. The van der Waals surface area contributed by atoms with Gasteiger partial charge in [0.05, 0.1) is 5.52 Å². The van der Waals surface area contributed by atoms with Gasteiger partial charge in [-0.2, -0.15) is 0 Å². The van der Waals surface area contributed by atoms with Crippen LogP contribution in [-0.2, 0) is 4.74 Å². The van der Waals surface area contributed by atoms with Crippen molar-refractivity contribution in [1.82, 2.24) is 4.98 Å². The van der Waals surface area contributed by atoms with Crippen molar-refractivity contribution in [2.75, 3.05) is 7.11 Å². The third-order valence-electron chi connectivity index (χ3n) is 2.95. The largest absolute Gasteiger partial charge is 0.371 e. The molecule has 1 heterocycles. The van der Waals surface area contributed by atoms with Gasteiger partial charge in [0.25, 0.3) is 0 Å². The lowest BCUT2D eigenvalue weighted by atomic mass is 9.94. The second kappa shape index (κ2) is 4.26. The van der Waals surface area contributed by atoms with Gasteiger partial charge < -0.3 is 4.74 Å². The van der Waals surface area contributed by atoms with Gasteiger partial charge in [0.15, 0.2) is 5.78 Å². The Morgan fingerprint density at radius 2 is 2.00 bits per heavy atom. The minimum Gasteiger partial charge on any atom is -0.371 e. The van der Waals surface area contributed by atoms with Crippen LogP contribution in [0.4, 0.5) is 0 Å². The normalized spacial score (nSPS) is 11.7. The van der Waals surface area contributed by atoms with E-state index in [1.807, 2.05) is 30.3 Å². The Kier molecular flexibility index (Phi) is 2.94. The molecule has 0 fully saturated rings. The number of carbonyl (C=O) groups is 1. The quantitative estimate of drug-likeness (QED) is 0.760. The number of aromatic nitrogens is 1. The number of pyridine rings is 1. The Morgan fingerprint density at radius 3 is 2.71 bits per heavy atom. The monoisotopic (exact) mass is 229 g/mol. The van der Waals surface area contributed by atoms with Crippen molar-refractivity contribution in [3.05, 3.63) is 42.1 Å². The fourth-order valence-electron chi connectivity index (χ4n) is 1.72. The smallest absolute Gasteiger partial charge is 0.194 e. The minimum absolute atomic E-state index is 0.0291. The van der Waals surface area contributed by atoms with Crippen molar-refractivity contribution in [1.29, 1.82) is 0 Å². The van der Waals surface area contributed by atoms with Gasteiger partial charge in [-0.25, -0.2) is 0 Å². The van der Waals surface area contributed by atoms with Crippen LogP contribution in [-0.4, -0.2) is 23.5 Å². The maximum absolute atomic E-state index is 12.4. The molecule has 1 aromatic carbocycles. The zero-order chi connectivity index (χ0) is 12.5. The average molecular weight is 229 g/mol. The van der Waals surface area contributed by atoms with Gasteiger partial charge in [0.2, 0.25) is 0 Å². The lowest BCUT2D eigenvalue weighted by Crippen LogP contribution is -2.33. The summed E-state index contributed by atoms with van der Waals surface area (Å²) in [7, 11) is 1.54. The fraction of sp³-hybridized carbons (Fsp3) is 0.286. The molecule has 0 aliphatic rings. The van der Waals surface area contributed by atoms with Crippen LogP contribution >= 0.6 is 0 Å². The molecule has 0 aliphatic heterocycles. The van der Waals surface area contributed by atoms with E-state index in [9.17, 15) is 4.79 Å². The molecule has 2 rings (SSSR count). The number of Topliss-reactive ketones (excluding diaryl/α,β-unsaturated/α-hetero) is 1.